The van der Waals surface area contributed by atoms with Gasteiger partial charge in [-0.15, -0.1) is 0 Å². The minimum absolute atomic E-state index is 0.272. The molecule has 1 aliphatic heterocycles. The highest BCUT2D eigenvalue weighted by molar-refractivity contribution is 5.76. The monoisotopic (exact) mass is 234 g/mol. The second-order valence-corrected chi connectivity index (χ2v) is 5.13. The fourth-order valence-electron chi connectivity index (χ4n) is 2.59. The van der Waals surface area contributed by atoms with Crippen LogP contribution in [0, 0.1) is 0 Å². The van der Waals surface area contributed by atoms with Crippen LogP contribution in [0.1, 0.15) is 56.4 Å². The van der Waals surface area contributed by atoms with Gasteiger partial charge in [-0.25, -0.2) is 0 Å². The maximum absolute atomic E-state index is 11.8. The Balaban J connectivity index is 2.28. The van der Waals surface area contributed by atoms with Gasteiger partial charge < -0.3 is 9.88 Å². The number of fused-ring (bicyclic) bond motifs is 1. The summed E-state index contributed by atoms with van der Waals surface area (Å²) in [7, 11) is 0. The number of aromatic nitrogens is 1. The summed E-state index contributed by atoms with van der Waals surface area (Å²) < 4.78 is 0. The minimum atomic E-state index is 0.272. The molecule has 0 saturated carbocycles. The first kappa shape index (κ1) is 12.2. The van der Waals surface area contributed by atoms with E-state index >= 15 is 0 Å². The van der Waals surface area contributed by atoms with Gasteiger partial charge in [0, 0.05) is 31.4 Å². The van der Waals surface area contributed by atoms with Crippen molar-refractivity contribution >= 4 is 5.91 Å². The summed E-state index contributed by atoms with van der Waals surface area (Å²) in [5.74, 6) is 0.792. The number of nitrogens with one attached hydrogen (secondary N) is 1. The van der Waals surface area contributed by atoms with Gasteiger partial charge in [0.25, 0.3) is 0 Å². The number of carbonyl (C=O) groups excluding carboxylic acids is 1. The van der Waals surface area contributed by atoms with Crippen molar-refractivity contribution in [2.24, 2.45) is 0 Å². The molecule has 0 radical (unpaired) electrons. The Morgan fingerprint density at radius 2 is 2.29 bits per heavy atom. The van der Waals surface area contributed by atoms with Gasteiger partial charge in [0.2, 0.25) is 5.91 Å². The number of H-pyrrole nitrogens is 1. The molecule has 0 spiro atoms. The number of nitrogens with zero attached hydrogens (tertiary/aromatic N) is 1. The van der Waals surface area contributed by atoms with E-state index in [0.717, 1.165) is 25.9 Å². The number of aromatic amines is 1. The highest BCUT2D eigenvalue weighted by atomic mass is 16.2. The van der Waals surface area contributed by atoms with Crippen LogP contribution in [0.2, 0.25) is 0 Å². The van der Waals surface area contributed by atoms with Crippen LogP contribution in [0.15, 0.2) is 6.20 Å². The third kappa shape index (κ3) is 2.38. The number of amides is 1. The second-order valence-electron chi connectivity index (χ2n) is 5.13. The van der Waals surface area contributed by atoms with Gasteiger partial charge in [-0.1, -0.05) is 20.8 Å². The van der Waals surface area contributed by atoms with Crippen LogP contribution < -0.4 is 0 Å². The molecule has 1 aromatic heterocycles. The number of hydrogen-bond acceptors (Lipinski definition) is 1. The molecule has 1 N–H and O–H groups in total. The van der Waals surface area contributed by atoms with Crippen LogP contribution in [0.3, 0.4) is 0 Å². The van der Waals surface area contributed by atoms with Gasteiger partial charge >= 0.3 is 0 Å². The van der Waals surface area contributed by atoms with Crippen molar-refractivity contribution in [3.8, 4) is 0 Å². The summed E-state index contributed by atoms with van der Waals surface area (Å²) in [6, 6.07) is 0. The van der Waals surface area contributed by atoms with Crippen LogP contribution >= 0.6 is 0 Å². The van der Waals surface area contributed by atoms with Crippen molar-refractivity contribution in [3.63, 3.8) is 0 Å². The summed E-state index contributed by atoms with van der Waals surface area (Å²) in [4.78, 5) is 17.2. The SMILES string of the molecule is CCC(=O)N1CCCc2[nH]cc(C(C)C)c2C1. The van der Waals surface area contributed by atoms with E-state index in [1.165, 1.54) is 16.8 Å². The van der Waals surface area contributed by atoms with Crippen LogP contribution in [-0.2, 0) is 17.8 Å². The lowest BCUT2D eigenvalue weighted by atomic mass is 10.00. The predicted molar refractivity (Wildman–Crippen MR) is 68.9 cm³/mol. The molecule has 1 aliphatic rings. The normalized spacial score (nSPS) is 15.9. The van der Waals surface area contributed by atoms with Crippen molar-refractivity contribution in [2.75, 3.05) is 6.54 Å². The lowest BCUT2D eigenvalue weighted by molar-refractivity contribution is -0.131. The smallest absolute Gasteiger partial charge is 0.222 e. The molecule has 0 atom stereocenters. The van der Waals surface area contributed by atoms with Crippen LogP contribution in [0.5, 0.6) is 0 Å². The van der Waals surface area contributed by atoms with Gasteiger partial charge in [0.05, 0.1) is 0 Å². The van der Waals surface area contributed by atoms with Crippen molar-refractivity contribution in [3.05, 3.63) is 23.0 Å². The topological polar surface area (TPSA) is 36.1 Å². The molecular formula is C14H22N2O. The van der Waals surface area contributed by atoms with Crippen molar-refractivity contribution < 1.29 is 4.79 Å². The summed E-state index contributed by atoms with van der Waals surface area (Å²) in [6.45, 7) is 8.04. The lowest BCUT2D eigenvalue weighted by Gasteiger charge is -2.21. The Labute approximate surface area is 103 Å². The van der Waals surface area contributed by atoms with E-state index in [4.69, 9.17) is 0 Å². The molecule has 0 fully saturated rings. The molecule has 94 valence electrons. The van der Waals surface area contributed by atoms with E-state index in [0.29, 0.717) is 12.3 Å². The molecule has 0 bridgehead atoms. The molecule has 0 unspecified atom stereocenters. The maximum Gasteiger partial charge on any atom is 0.222 e. The Hall–Kier alpha value is -1.25. The number of carbonyl (C=O) groups is 1. The lowest BCUT2D eigenvalue weighted by Crippen LogP contribution is -2.30. The first-order chi connectivity index (χ1) is 8.13. The second kappa shape index (κ2) is 4.94. The molecule has 0 saturated heterocycles. The third-order valence-corrected chi connectivity index (χ3v) is 3.60. The maximum atomic E-state index is 11.8. The number of rotatable bonds is 2. The Bertz CT molecular complexity index is 406. The van der Waals surface area contributed by atoms with Gasteiger partial charge in [0.1, 0.15) is 0 Å². The zero-order valence-electron chi connectivity index (χ0n) is 11.0. The van der Waals surface area contributed by atoms with Gasteiger partial charge in [-0.3, -0.25) is 4.79 Å². The molecule has 1 amide bonds. The molecule has 2 heterocycles. The zero-order chi connectivity index (χ0) is 12.4. The predicted octanol–water partition coefficient (Wildman–Crippen LogP) is 2.82. The van der Waals surface area contributed by atoms with Crippen molar-refractivity contribution in [1.82, 2.24) is 9.88 Å². The summed E-state index contributed by atoms with van der Waals surface area (Å²) in [6.07, 6.45) is 4.86. The Kier molecular flexibility index (Phi) is 3.55. The first-order valence-electron chi connectivity index (χ1n) is 6.60. The largest absolute Gasteiger partial charge is 0.364 e. The van der Waals surface area contributed by atoms with Gasteiger partial charge in [-0.05, 0) is 29.9 Å². The van der Waals surface area contributed by atoms with Crippen molar-refractivity contribution in [1.29, 1.82) is 0 Å². The average Bonchev–Trinajstić information content (AvgIpc) is 2.59. The molecule has 1 aromatic rings. The quantitative estimate of drug-likeness (QED) is 0.839. The zero-order valence-corrected chi connectivity index (χ0v) is 11.0. The van der Waals surface area contributed by atoms with Crippen LogP contribution in [-0.4, -0.2) is 22.3 Å². The molecule has 0 aliphatic carbocycles. The van der Waals surface area contributed by atoms with E-state index in [1.807, 2.05) is 11.8 Å². The molecule has 3 nitrogen and oxygen atoms in total. The fraction of sp³-hybridized carbons (Fsp3) is 0.643. The van der Waals surface area contributed by atoms with Crippen molar-refractivity contribution in [2.45, 2.75) is 52.5 Å². The Morgan fingerprint density at radius 1 is 1.53 bits per heavy atom. The highest BCUT2D eigenvalue weighted by Gasteiger charge is 2.22. The number of aryl methyl sites for hydroxylation is 1. The molecule has 2 rings (SSSR count). The number of hydrogen-bond donors (Lipinski definition) is 1. The van der Waals surface area contributed by atoms with Crippen LogP contribution in [0.25, 0.3) is 0 Å². The van der Waals surface area contributed by atoms with E-state index in [1.54, 1.807) is 0 Å². The third-order valence-electron chi connectivity index (χ3n) is 3.60. The average molecular weight is 234 g/mol. The van der Waals surface area contributed by atoms with E-state index in [2.05, 4.69) is 25.0 Å². The van der Waals surface area contributed by atoms with E-state index in [-0.39, 0.29) is 5.91 Å². The first-order valence-corrected chi connectivity index (χ1v) is 6.60. The summed E-state index contributed by atoms with van der Waals surface area (Å²) >= 11 is 0. The molecule has 3 heteroatoms. The highest BCUT2D eigenvalue weighted by Crippen LogP contribution is 2.27. The minimum Gasteiger partial charge on any atom is -0.364 e. The standard InChI is InChI=1S/C14H22N2O/c1-4-14(17)16-7-5-6-13-12(9-16)11(8-15-13)10(2)3/h8,10,15H,4-7,9H2,1-3H3. The molecular weight excluding hydrogens is 212 g/mol. The Morgan fingerprint density at radius 3 is 2.94 bits per heavy atom. The van der Waals surface area contributed by atoms with Gasteiger partial charge in [-0.2, -0.15) is 0 Å². The van der Waals surface area contributed by atoms with Crippen LogP contribution in [0.4, 0.5) is 0 Å². The van der Waals surface area contributed by atoms with E-state index < -0.39 is 0 Å². The van der Waals surface area contributed by atoms with Gasteiger partial charge in [0.15, 0.2) is 0 Å². The molecule has 17 heavy (non-hydrogen) atoms. The van der Waals surface area contributed by atoms with E-state index in [9.17, 15) is 4.79 Å². The fourth-order valence-corrected chi connectivity index (χ4v) is 2.59. The summed E-state index contributed by atoms with van der Waals surface area (Å²) in [5, 5.41) is 0. The summed E-state index contributed by atoms with van der Waals surface area (Å²) in [5.41, 5.74) is 4.07. The molecule has 0 aromatic carbocycles.